The molecule has 0 saturated carbocycles. The topological polar surface area (TPSA) is 99.2 Å². The number of carbonyl (C=O) groups excluding carboxylic acids is 1. The van der Waals surface area contributed by atoms with Gasteiger partial charge in [-0.3, -0.25) is 9.59 Å². The van der Waals surface area contributed by atoms with Gasteiger partial charge in [0.1, 0.15) is 18.9 Å². The highest BCUT2D eigenvalue weighted by molar-refractivity contribution is 5.76. The maximum atomic E-state index is 11.9. The summed E-state index contributed by atoms with van der Waals surface area (Å²) in [5, 5.41) is 6.78. The van der Waals surface area contributed by atoms with Crippen molar-refractivity contribution in [2.45, 2.75) is 52.2 Å². The second kappa shape index (κ2) is 7.21. The predicted octanol–water partition coefficient (Wildman–Crippen LogP) is 0.274. The van der Waals surface area contributed by atoms with E-state index in [4.69, 9.17) is 10.5 Å². The van der Waals surface area contributed by atoms with Gasteiger partial charge in [-0.05, 0) is 27.2 Å². The van der Waals surface area contributed by atoms with Gasteiger partial charge >= 0.3 is 0 Å². The van der Waals surface area contributed by atoms with E-state index < -0.39 is 0 Å². The van der Waals surface area contributed by atoms with Crippen LogP contribution in [0, 0.1) is 0 Å². The summed E-state index contributed by atoms with van der Waals surface area (Å²) >= 11 is 0. The highest BCUT2D eigenvalue weighted by atomic mass is 16.5. The highest BCUT2D eigenvalue weighted by Crippen LogP contribution is 2.07. The van der Waals surface area contributed by atoms with Crippen LogP contribution < -0.4 is 21.3 Å². The molecule has 0 aliphatic rings. The minimum atomic E-state index is -0.387. The summed E-state index contributed by atoms with van der Waals surface area (Å²) in [5.41, 5.74) is 4.87. The van der Waals surface area contributed by atoms with Crippen molar-refractivity contribution in [1.82, 2.24) is 15.1 Å². The lowest BCUT2D eigenvalue weighted by atomic mass is 10.0. The van der Waals surface area contributed by atoms with Gasteiger partial charge in [0.15, 0.2) is 0 Å². The fraction of sp³-hybridized carbons (Fsp3) is 0.643. The van der Waals surface area contributed by atoms with Gasteiger partial charge in [-0.2, -0.15) is 5.10 Å². The van der Waals surface area contributed by atoms with E-state index in [2.05, 4.69) is 10.4 Å². The molecule has 118 valence electrons. The number of amides is 1. The molecule has 3 N–H and O–H groups in total. The van der Waals surface area contributed by atoms with Crippen molar-refractivity contribution in [3.05, 3.63) is 22.6 Å². The van der Waals surface area contributed by atoms with Crippen LogP contribution in [-0.2, 0) is 11.3 Å². The molecule has 0 fully saturated rings. The van der Waals surface area contributed by atoms with Gasteiger partial charge in [-0.25, -0.2) is 4.68 Å². The Morgan fingerprint density at radius 1 is 1.57 bits per heavy atom. The molecular formula is C14H24N4O3. The standard InChI is InChI=1S/C14H24N4O3/c1-5-14(3,4)17-12(19)8-18-13(20)6-11(7-16-18)21-9-10(2)15/h6-7,10H,5,8-9,15H2,1-4H3,(H,17,19). The molecule has 1 aromatic heterocycles. The molecule has 21 heavy (non-hydrogen) atoms. The van der Waals surface area contributed by atoms with E-state index in [9.17, 15) is 9.59 Å². The number of hydrogen-bond donors (Lipinski definition) is 2. The van der Waals surface area contributed by atoms with Crippen molar-refractivity contribution in [1.29, 1.82) is 0 Å². The predicted molar refractivity (Wildman–Crippen MR) is 80.2 cm³/mol. The summed E-state index contributed by atoms with van der Waals surface area (Å²) in [6, 6.07) is 1.17. The summed E-state index contributed by atoms with van der Waals surface area (Å²) in [7, 11) is 0. The zero-order valence-corrected chi connectivity index (χ0v) is 13.0. The van der Waals surface area contributed by atoms with Crippen molar-refractivity contribution in [3.63, 3.8) is 0 Å². The summed E-state index contributed by atoms with van der Waals surface area (Å²) < 4.78 is 6.40. The molecule has 1 heterocycles. The van der Waals surface area contributed by atoms with Crippen LogP contribution in [0.2, 0.25) is 0 Å². The zero-order valence-electron chi connectivity index (χ0n) is 13.0. The van der Waals surface area contributed by atoms with Gasteiger partial charge < -0.3 is 15.8 Å². The summed E-state index contributed by atoms with van der Waals surface area (Å²) in [5.74, 6) is 0.101. The fourth-order valence-electron chi connectivity index (χ4n) is 1.48. The maximum absolute atomic E-state index is 11.9. The molecule has 0 aliphatic heterocycles. The van der Waals surface area contributed by atoms with Gasteiger partial charge in [-0.15, -0.1) is 0 Å². The molecule has 0 spiro atoms. The zero-order chi connectivity index (χ0) is 16.0. The van der Waals surface area contributed by atoms with Crippen LogP contribution in [-0.4, -0.2) is 33.9 Å². The third-order valence-corrected chi connectivity index (χ3v) is 3.01. The largest absolute Gasteiger partial charge is 0.490 e. The molecule has 0 bridgehead atoms. The second-order valence-electron chi connectivity index (χ2n) is 5.76. The number of carbonyl (C=O) groups is 1. The van der Waals surface area contributed by atoms with Gasteiger partial charge in [0.25, 0.3) is 5.56 Å². The molecule has 1 unspecified atom stereocenters. The van der Waals surface area contributed by atoms with Crippen molar-refractivity contribution >= 4 is 5.91 Å². The Balaban J connectivity index is 2.68. The maximum Gasteiger partial charge on any atom is 0.270 e. The van der Waals surface area contributed by atoms with Crippen molar-refractivity contribution in [2.75, 3.05) is 6.61 Å². The fourth-order valence-corrected chi connectivity index (χ4v) is 1.48. The minimum Gasteiger partial charge on any atom is -0.490 e. The third-order valence-electron chi connectivity index (χ3n) is 3.01. The van der Waals surface area contributed by atoms with Gasteiger partial charge in [0.05, 0.1) is 6.20 Å². The first-order valence-electron chi connectivity index (χ1n) is 7.00. The third kappa shape index (κ3) is 5.95. The van der Waals surface area contributed by atoms with Crippen LogP contribution in [0.4, 0.5) is 0 Å². The number of aromatic nitrogens is 2. The Morgan fingerprint density at radius 2 is 2.24 bits per heavy atom. The van der Waals surface area contributed by atoms with E-state index in [1.54, 1.807) is 6.92 Å². The quantitative estimate of drug-likeness (QED) is 0.752. The molecular weight excluding hydrogens is 272 g/mol. The van der Waals surface area contributed by atoms with E-state index in [1.807, 2.05) is 20.8 Å². The number of nitrogens with two attached hydrogens (primary N) is 1. The molecule has 1 atom stereocenters. The van der Waals surface area contributed by atoms with E-state index in [-0.39, 0.29) is 29.6 Å². The molecule has 1 rings (SSSR count). The average Bonchev–Trinajstić information content (AvgIpc) is 2.38. The first kappa shape index (κ1) is 17.2. The summed E-state index contributed by atoms with van der Waals surface area (Å²) in [4.78, 5) is 23.7. The number of nitrogens with one attached hydrogen (secondary N) is 1. The Labute approximate surface area is 124 Å². The molecule has 0 aromatic carbocycles. The van der Waals surface area contributed by atoms with Crippen LogP contribution in [0.15, 0.2) is 17.1 Å². The molecule has 7 heteroatoms. The van der Waals surface area contributed by atoms with Crippen LogP contribution in [0.5, 0.6) is 5.75 Å². The molecule has 0 radical (unpaired) electrons. The lowest BCUT2D eigenvalue weighted by Crippen LogP contribution is -2.45. The monoisotopic (exact) mass is 296 g/mol. The van der Waals surface area contributed by atoms with Crippen LogP contribution >= 0.6 is 0 Å². The Hall–Kier alpha value is -1.89. The van der Waals surface area contributed by atoms with Crippen molar-refractivity contribution in [3.8, 4) is 5.75 Å². The Bertz CT molecular complexity index is 537. The highest BCUT2D eigenvalue weighted by Gasteiger charge is 2.18. The lowest BCUT2D eigenvalue weighted by Gasteiger charge is -2.24. The molecule has 7 nitrogen and oxygen atoms in total. The van der Waals surface area contributed by atoms with Crippen LogP contribution in [0.3, 0.4) is 0 Å². The number of rotatable bonds is 7. The lowest BCUT2D eigenvalue weighted by molar-refractivity contribution is -0.123. The van der Waals surface area contributed by atoms with Crippen LogP contribution in [0.25, 0.3) is 0 Å². The van der Waals surface area contributed by atoms with Gasteiger partial charge in [0, 0.05) is 17.6 Å². The first-order valence-corrected chi connectivity index (χ1v) is 7.00. The van der Waals surface area contributed by atoms with E-state index in [1.165, 1.54) is 12.3 Å². The molecule has 1 amide bonds. The minimum absolute atomic E-state index is 0.115. The molecule has 1 aromatic rings. The van der Waals surface area contributed by atoms with Crippen molar-refractivity contribution < 1.29 is 9.53 Å². The Morgan fingerprint density at radius 3 is 2.76 bits per heavy atom. The smallest absolute Gasteiger partial charge is 0.270 e. The van der Waals surface area contributed by atoms with Gasteiger partial charge in [0.2, 0.25) is 5.91 Å². The number of hydrogen-bond acceptors (Lipinski definition) is 5. The summed E-state index contributed by atoms with van der Waals surface area (Å²) in [6.07, 6.45) is 2.20. The van der Waals surface area contributed by atoms with E-state index >= 15 is 0 Å². The molecule has 0 saturated heterocycles. The normalized spacial score (nSPS) is 12.8. The average molecular weight is 296 g/mol. The van der Waals surface area contributed by atoms with Crippen molar-refractivity contribution in [2.24, 2.45) is 5.73 Å². The van der Waals surface area contributed by atoms with E-state index in [0.717, 1.165) is 11.1 Å². The Kier molecular flexibility index (Phi) is 5.90. The van der Waals surface area contributed by atoms with Crippen LogP contribution in [0.1, 0.15) is 34.1 Å². The first-order chi connectivity index (χ1) is 9.73. The second-order valence-corrected chi connectivity index (χ2v) is 5.76. The number of ether oxygens (including phenoxy) is 1. The summed E-state index contributed by atoms with van der Waals surface area (Å²) in [6.45, 7) is 7.81. The SMILES string of the molecule is CCC(C)(C)NC(=O)Cn1ncc(OCC(C)N)cc1=O. The van der Waals surface area contributed by atoms with E-state index in [0.29, 0.717) is 12.4 Å². The molecule has 0 aliphatic carbocycles. The number of nitrogens with zero attached hydrogens (tertiary/aromatic N) is 2. The van der Waals surface area contributed by atoms with Gasteiger partial charge in [-0.1, -0.05) is 6.92 Å².